The molecule has 0 radical (unpaired) electrons. The Balaban J connectivity index is 6.42. The number of amides is 1. The van der Waals surface area contributed by atoms with E-state index in [1.807, 2.05) is 0 Å². The van der Waals surface area contributed by atoms with Gasteiger partial charge in [-0.2, -0.15) is 0 Å². The highest BCUT2D eigenvalue weighted by atomic mass is 16.5. The Morgan fingerprint density at radius 3 is 1.48 bits per heavy atom. The standard InChI is InChI=1S/C19H27NO3/c1-6-11-18(12-7-2,16(20)21)19(13-8-3,14-9-4)17(22)23-15-10-5/h6-10H,1-5,11-15H2,(H2,20,21). The Labute approximate surface area is 139 Å². The van der Waals surface area contributed by atoms with Gasteiger partial charge in [-0.1, -0.05) is 37.0 Å². The maximum atomic E-state index is 12.9. The Bertz CT molecular complexity index is 471. The predicted octanol–water partition coefficient (Wildman–Crippen LogP) is 3.48. The summed E-state index contributed by atoms with van der Waals surface area (Å²) in [5, 5.41) is 0. The molecule has 0 saturated heterocycles. The van der Waals surface area contributed by atoms with E-state index >= 15 is 0 Å². The van der Waals surface area contributed by atoms with Gasteiger partial charge in [0.1, 0.15) is 6.61 Å². The van der Waals surface area contributed by atoms with E-state index in [4.69, 9.17) is 10.5 Å². The van der Waals surface area contributed by atoms with Gasteiger partial charge in [0.15, 0.2) is 0 Å². The van der Waals surface area contributed by atoms with Crippen LogP contribution in [-0.4, -0.2) is 18.5 Å². The zero-order valence-electron chi connectivity index (χ0n) is 13.8. The normalized spacial score (nSPS) is 11.1. The number of hydrogen-bond acceptors (Lipinski definition) is 3. The molecule has 0 rings (SSSR count). The van der Waals surface area contributed by atoms with Crippen LogP contribution >= 0.6 is 0 Å². The van der Waals surface area contributed by atoms with E-state index in [9.17, 15) is 9.59 Å². The van der Waals surface area contributed by atoms with E-state index in [2.05, 4.69) is 32.9 Å². The van der Waals surface area contributed by atoms with Gasteiger partial charge in [0.05, 0.1) is 10.8 Å². The first-order valence-electron chi connectivity index (χ1n) is 7.44. The average molecular weight is 317 g/mol. The van der Waals surface area contributed by atoms with Crippen LogP contribution < -0.4 is 5.73 Å². The largest absolute Gasteiger partial charge is 0.461 e. The number of primary amides is 1. The minimum atomic E-state index is -1.21. The number of carbonyl (C=O) groups is 2. The van der Waals surface area contributed by atoms with Crippen LogP contribution in [0.3, 0.4) is 0 Å². The topological polar surface area (TPSA) is 69.4 Å². The van der Waals surface area contributed by atoms with Gasteiger partial charge in [0.25, 0.3) is 0 Å². The molecule has 0 fully saturated rings. The van der Waals surface area contributed by atoms with Crippen LogP contribution in [0.1, 0.15) is 25.7 Å². The molecule has 0 aliphatic rings. The van der Waals surface area contributed by atoms with E-state index in [0.29, 0.717) is 0 Å². The van der Waals surface area contributed by atoms with Crippen molar-refractivity contribution in [2.45, 2.75) is 25.7 Å². The lowest BCUT2D eigenvalue weighted by Crippen LogP contribution is -2.55. The van der Waals surface area contributed by atoms with Crippen molar-refractivity contribution in [3.8, 4) is 0 Å². The first-order chi connectivity index (χ1) is 10.9. The quantitative estimate of drug-likeness (QED) is 0.417. The summed E-state index contributed by atoms with van der Waals surface area (Å²) in [6.07, 6.45) is 8.69. The number of ether oxygens (including phenoxy) is 1. The molecule has 0 spiro atoms. The molecule has 23 heavy (non-hydrogen) atoms. The Kier molecular flexibility index (Phi) is 8.63. The molecule has 4 heteroatoms. The number of hydrogen-bond donors (Lipinski definition) is 1. The molecular weight excluding hydrogens is 290 g/mol. The second-order valence-corrected chi connectivity index (χ2v) is 5.39. The Morgan fingerprint density at radius 1 is 0.783 bits per heavy atom. The van der Waals surface area contributed by atoms with Crippen LogP contribution in [0.5, 0.6) is 0 Å². The van der Waals surface area contributed by atoms with Gasteiger partial charge in [-0.05, 0) is 25.7 Å². The Hall–Kier alpha value is -2.36. The number of rotatable bonds is 13. The molecule has 0 aliphatic heterocycles. The molecule has 0 aromatic carbocycles. The highest BCUT2D eigenvalue weighted by Gasteiger charge is 2.58. The van der Waals surface area contributed by atoms with Crippen LogP contribution in [0.15, 0.2) is 63.3 Å². The smallest absolute Gasteiger partial charge is 0.314 e. The lowest BCUT2D eigenvalue weighted by atomic mass is 9.56. The summed E-state index contributed by atoms with van der Waals surface area (Å²) in [7, 11) is 0. The van der Waals surface area contributed by atoms with Gasteiger partial charge < -0.3 is 10.5 Å². The molecule has 0 heterocycles. The first kappa shape index (κ1) is 20.6. The SMILES string of the molecule is C=CCOC(=O)C(CC=C)(CC=C)C(CC=C)(CC=C)C(N)=O. The maximum Gasteiger partial charge on any atom is 0.314 e. The third-order valence-corrected chi connectivity index (χ3v) is 4.08. The summed E-state index contributed by atoms with van der Waals surface area (Å²) in [6.45, 7) is 18.4. The summed E-state index contributed by atoms with van der Waals surface area (Å²) < 4.78 is 5.28. The highest BCUT2D eigenvalue weighted by molar-refractivity contribution is 5.91. The van der Waals surface area contributed by atoms with Crippen LogP contribution in [0.2, 0.25) is 0 Å². The fourth-order valence-electron chi connectivity index (χ4n) is 3.01. The van der Waals surface area contributed by atoms with Crippen molar-refractivity contribution in [1.29, 1.82) is 0 Å². The molecule has 4 nitrogen and oxygen atoms in total. The third-order valence-electron chi connectivity index (χ3n) is 4.08. The Morgan fingerprint density at radius 2 is 1.17 bits per heavy atom. The van der Waals surface area contributed by atoms with Gasteiger partial charge in [-0.25, -0.2) is 0 Å². The second-order valence-electron chi connectivity index (χ2n) is 5.39. The molecular formula is C19H27NO3. The van der Waals surface area contributed by atoms with Crippen molar-refractivity contribution < 1.29 is 14.3 Å². The van der Waals surface area contributed by atoms with E-state index in [-0.39, 0.29) is 32.3 Å². The molecule has 0 atom stereocenters. The molecule has 0 aliphatic carbocycles. The van der Waals surface area contributed by atoms with Crippen molar-refractivity contribution >= 4 is 11.9 Å². The molecule has 0 unspecified atom stereocenters. The summed E-state index contributed by atoms with van der Waals surface area (Å²) in [4.78, 5) is 25.3. The summed E-state index contributed by atoms with van der Waals surface area (Å²) in [6, 6.07) is 0. The zero-order valence-corrected chi connectivity index (χ0v) is 13.8. The van der Waals surface area contributed by atoms with Crippen LogP contribution in [0, 0.1) is 10.8 Å². The fraction of sp³-hybridized carbons (Fsp3) is 0.368. The lowest BCUT2D eigenvalue weighted by molar-refractivity contribution is -0.169. The van der Waals surface area contributed by atoms with Crippen LogP contribution in [-0.2, 0) is 14.3 Å². The number of carbonyl (C=O) groups excluding carboxylic acids is 2. The highest BCUT2D eigenvalue weighted by Crippen LogP contribution is 2.52. The number of esters is 1. The van der Waals surface area contributed by atoms with E-state index < -0.39 is 22.7 Å². The summed E-state index contributed by atoms with van der Waals surface area (Å²) in [5.41, 5.74) is 3.30. The number of allylic oxidation sites excluding steroid dienone is 4. The van der Waals surface area contributed by atoms with Crippen molar-refractivity contribution in [2.75, 3.05) is 6.61 Å². The van der Waals surface area contributed by atoms with Crippen LogP contribution in [0.25, 0.3) is 0 Å². The van der Waals surface area contributed by atoms with Gasteiger partial charge in [0.2, 0.25) is 5.91 Å². The third kappa shape index (κ3) is 4.09. The molecule has 0 aromatic heterocycles. The van der Waals surface area contributed by atoms with Crippen LogP contribution in [0.4, 0.5) is 0 Å². The fourth-order valence-corrected chi connectivity index (χ4v) is 3.01. The van der Waals surface area contributed by atoms with Crippen molar-refractivity contribution in [3.05, 3.63) is 63.3 Å². The minimum absolute atomic E-state index is 0.0475. The van der Waals surface area contributed by atoms with Crippen molar-refractivity contribution in [3.63, 3.8) is 0 Å². The van der Waals surface area contributed by atoms with E-state index in [1.165, 1.54) is 6.08 Å². The summed E-state index contributed by atoms with van der Waals surface area (Å²) >= 11 is 0. The first-order valence-corrected chi connectivity index (χ1v) is 7.44. The molecule has 126 valence electrons. The maximum absolute atomic E-state index is 12.9. The van der Waals surface area contributed by atoms with E-state index in [0.717, 1.165) is 0 Å². The monoisotopic (exact) mass is 317 g/mol. The zero-order chi connectivity index (χ0) is 17.9. The van der Waals surface area contributed by atoms with Gasteiger partial charge in [-0.15, -0.1) is 26.3 Å². The second kappa shape index (κ2) is 9.62. The van der Waals surface area contributed by atoms with Crippen molar-refractivity contribution in [1.82, 2.24) is 0 Å². The average Bonchev–Trinajstić information content (AvgIpc) is 2.51. The molecule has 0 saturated carbocycles. The molecule has 0 aromatic rings. The van der Waals surface area contributed by atoms with E-state index in [1.54, 1.807) is 24.3 Å². The molecule has 0 bridgehead atoms. The van der Waals surface area contributed by atoms with Gasteiger partial charge in [-0.3, -0.25) is 9.59 Å². The lowest BCUT2D eigenvalue weighted by Gasteiger charge is -2.45. The predicted molar refractivity (Wildman–Crippen MR) is 94.5 cm³/mol. The van der Waals surface area contributed by atoms with Gasteiger partial charge >= 0.3 is 5.97 Å². The molecule has 2 N–H and O–H groups in total. The molecule has 1 amide bonds. The van der Waals surface area contributed by atoms with Gasteiger partial charge in [0, 0.05) is 0 Å². The minimum Gasteiger partial charge on any atom is -0.461 e. The van der Waals surface area contributed by atoms with Crippen molar-refractivity contribution in [2.24, 2.45) is 16.6 Å². The number of nitrogens with two attached hydrogens (primary N) is 1. The summed E-state index contributed by atoms with van der Waals surface area (Å²) in [5.74, 6) is -1.13.